The number of alkyl halides is 2. The summed E-state index contributed by atoms with van der Waals surface area (Å²) in [5.74, 6) is -3.96. The zero-order valence-corrected chi connectivity index (χ0v) is 9.19. The summed E-state index contributed by atoms with van der Waals surface area (Å²) in [5, 5.41) is 0. The van der Waals surface area contributed by atoms with Crippen molar-refractivity contribution < 1.29 is 17.9 Å². The van der Waals surface area contributed by atoms with Crippen LogP contribution >= 0.6 is 0 Å². The molecule has 0 radical (unpaired) electrons. The van der Waals surface area contributed by atoms with Gasteiger partial charge in [-0.05, 0) is 37.1 Å². The molecule has 0 aromatic heterocycles. The highest BCUT2D eigenvalue weighted by Gasteiger charge is 2.31. The second-order valence-corrected chi connectivity index (χ2v) is 3.71. The molecule has 0 N–H and O–H groups in total. The molecule has 0 atom stereocenters. The molecule has 0 aliphatic heterocycles. The van der Waals surface area contributed by atoms with Gasteiger partial charge in [0.25, 0.3) is 0 Å². The highest BCUT2D eigenvalue weighted by Crippen LogP contribution is 2.25. The van der Waals surface area contributed by atoms with Crippen LogP contribution in [-0.2, 0) is 0 Å². The first-order valence-electron chi connectivity index (χ1n) is 4.75. The van der Waals surface area contributed by atoms with Crippen molar-refractivity contribution >= 4 is 0 Å². The molecule has 0 amide bonds. The van der Waals surface area contributed by atoms with E-state index in [4.69, 9.17) is 4.74 Å². The Morgan fingerprint density at radius 3 is 2.62 bits per heavy atom. The van der Waals surface area contributed by atoms with Gasteiger partial charge in [-0.3, -0.25) is 0 Å². The van der Waals surface area contributed by atoms with E-state index in [-0.39, 0.29) is 11.3 Å². The molecule has 1 rings (SSSR count). The predicted molar refractivity (Wildman–Crippen MR) is 56.4 cm³/mol. The van der Waals surface area contributed by atoms with Gasteiger partial charge < -0.3 is 4.74 Å². The minimum atomic E-state index is -3.14. The summed E-state index contributed by atoms with van der Waals surface area (Å²) in [7, 11) is 0. The Hall–Kier alpha value is -1.45. The van der Waals surface area contributed by atoms with Crippen LogP contribution in [-0.4, -0.2) is 12.5 Å². The van der Waals surface area contributed by atoms with Gasteiger partial charge in [0.1, 0.15) is 0 Å². The van der Waals surface area contributed by atoms with E-state index in [1.54, 1.807) is 13.0 Å². The molecule has 0 saturated carbocycles. The number of halogens is 3. The zero-order valence-electron chi connectivity index (χ0n) is 9.19. The summed E-state index contributed by atoms with van der Waals surface area (Å²) in [6.45, 7) is 5.18. The Bertz CT molecular complexity index is 399. The standard InChI is InChI=1S/C12H13F3O/c1-8(2)12(14,15)7-16-11-6-9(3)4-5-10(11)13/h4-6H,1,7H2,2-3H3. The van der Waals surface area contributed by atoms with Crippen LogP contribution < -0.4 is 4.74 Å². The SMILES string of the molecule is C=C(C)C(F)(F)COc1cc(C)ccc1F. The van der Waals surface area contributed by atoms with Crippen LogP contribution in [0.5, 0.6) is 5.75 Å². The van der Waals surface area contributed by atoms with Crippen LogP contribution in [0, 0.1) is 12.7 Å². The van der Waals surface area contributed by atoms with Crippen molar-refractivity contribution in [2.24, 2.45) is 0 Å². The fraction of sp³-hybridized carbons (Fsp3) is 0.333. The Morgan fingerprint density at radius 1 is 1.44 bits per heavy atom. The predicted octanol–water partition coefficient (Wildman–Crippen LogP) is 3.72. The van der Waals surface area contributed by atoms with E-state index in [0.717, 1.165) is 5.56 Å². The molecule has 0 saturated heterocycles. The normalized spacial score (nSPS) is 11.3. The molecule has 16 heavy (non-hydrogen) atoms. The number of aryl methyl sites for hydroxylation is 1. The maximum atomic E-state index is 13.2. The van der Waals surface area contributed by atoms with E-state index < -0.39 is 18.3 Å². The maximum Gasteiger partial charge on any atom is 0.302 e. The van der Waals surface area contributed by atoms with Crippen LogP contribution in [0.2, 0.25) is 0 Å². The zero-order chi connectivity index (χ0) is 12.3. The van der Waals surface area contributed by atoms with Gasteiger partial charge in [-0.15, -0.1) is 0 Å². The summed E-state index contributed by atoms with van der Waals surface area (Å²) in [4.78, 5) is 0. The molecule has 4 heteroatoms. The van der Waals surface area contributed by atoms with Gasteiger partial charge in [0.2, 0.25) is 0 Å². The van der Waals surface area contributed by atoms with Gasteiger partial charge in [-0.25, -0.2) is 4.39 Å². The Kier molecular flexibility index (Phi) is 3.62. The second-order valence-electron chi connectivity index (χ2n) is 3.71. The van der Waals surface area contributed by atoms with Crippen LogP contribution in [0.25, 0.3) is 0 Å². The third-order valence-corrected chi connectivity index (χ3v) is 2.12. The fourth-order valence-electron chi connectivity index (χ4n) is 1.01. The Morgan fingerprint density at radius 2 is 2.06 bits per heavy atom. The first-order valence-corrected chi connectivity index (χ1v) is 4.75. The van der Waals surface area contributed by atoms with Gasteiger partial charge >= 0.3 is 5.92 Å². The van der Waals surface area contributed by atoms with E-state index in [0.29, 0.717) is 0 Å². The smallest absolute Gasteiger partial charge is 0.302 e. The van der Waals surface area contributed by atoms with Crippen LogP contribution in [0.3, 0.4) is 0 Å². The molecule has 1 aromatic carbocycles. The van der Waals surface area contributed by atoms with Crippen molar-refractivity contribution in [3.8, 4) is 5.75 Å². The van der Waals surface area contributed by atoms with E-state index in [1.807, 2.05) is 0 Å². The molecule has 1 nitrogen and oxygen atoms in total. The monoisotopic (exact) mass is 230 g/mol. The van der Waals surface area contributed by atoms with E-state index >= 15 is 0 Å². The highest BCUT2D eigenvalue weighted by molar-refractivity contribution is 5.29. The van der Waals surface area contributed by atoms with Crippen molar-refractivity contribution in [1.29, 1.82) is 0 Å². The minimum absolute atomic E-state index is 0.166. The maximum absolute atomic E-state index is 13.2. The molecule has 1 aromatic rings. The first kappa shape index (κ1) is 12.6. The second kappa shape index (κ2) is 4.60. The first-order chi connectivity index (χ1) is 7.33. The van der Waals surface area contributed by atoms with E-state index in [2.05, 4.69) is 6.58 Å². The molecule has 0 aliphatic carbocycles. The number of hydrogen-bond acceptors (Lipinski definition) is 1. The molecule has 0 spiro atoms. The summed E-state index contributed by atoms with van der Waals surface area (Å²) < 4.78 is 44.1. The summed E-state index contributed by atoms with van der Waals surface area (Å²) >= 11 is 0. The molecule has 0 fully saturated rings. The third kappa shape index (κ3) is 3.02. The van der Waals surface area contributed by atoms with Gasteiger partial charge in [0, 0.05) is 0 Å². The summed E-state index contributed by atoms with van der Waals surface area (Å²) in [6.07, 6.45) is 0. The fourth-order valence-corrected chi connectivity index (χ4v) is 1.01. The van der Waals surface area contributed by atoms with Crippen molar-refractivity contribution in [1.82, 2.24) is 0 Å². The van der Waals surface area contributed by atoms with E-state index in [9.17, 15) is 13.2 Å². The van der Waals surface area contributed by atoms with E-state index in [1.165, 1.54) is 19.1 Å². The lowest BCUT2D eigenvalue weighted by Gasteiger charge is -2.17. The topological polar surface area (TPSA) is 9.23 Å². The van der Waals surface area contributed by atoms with Crippen molar-refractivity contribution in [3.63, 3.8) is 0 Å². The van der Waals surface area contributed by atoms with Crippen molar-refractivity contribution in [3.05, 3.63) is 41.7 Å². The number of rotatable bonds is 4. The molecule has 88 valence electrons. The summed E-state index contributed by atoms with van der Waals surface area (Å²) in [6, 6.07) is 4.10. The van der Waals surface area contributed by atoms with Gasteiger partial charge in [0.05, 0.1) is 0 Å². The molecule has 0 unspecified atom stereocenters. The third-order valence-electron chi connectivity index (χ3n) is 2.12. The lowest BCUT2D eigenvalue weighted by molar-refractivity contribution is -0.00663. The van der Waals surface area contributed by atoms with Crippen molar-refractivity contribution in [2.45, 2.75) is 19.8 Å². The molecule has 0 bridgehead atoms. The van der Waals surface area contributed by atoms with Gasteiger partial charge in [-0.1, -0.05) is 12.6 Å². The largest absolute Gasteiger partial charge is 0.484 e. The lowest BCUT2D eigenvalue weighted by Crippen LogP contribution is -2.26. The molecular formula is C12H13F3O. The summed E-state index contributed by atoms with van der Waals surface area (Å²) in [5.41, 5.74) is 0.440. The Balaban J connectivity index is 2.75. The van der Waals surface area contributed by atoms with Crippen molar-refractivity contribution in [2.75, 3.05) is 6.61 Å². The average Bonchev–Trinajstić information content (AvgIpc) is 2.19. The Labute approximate surface area is 92.5 Å². The highest BCUT2D eigenvalue weighted by atomic mass is 19.3. The molecular weight excluding hydrogens is 217 g/mol. The molecule has 0 aliphatic rings. The average molecular weight is 230 g/mol. The number of ether oxygens (including phenoxy) is 1. The van der Waals surface area contributed by atoms with Gasteiger partial charge in [-0.2, -0.15) is 8.78 Å². The van der Waals surface area contributed by atoms with Gasteiger partial charge in [0.15, 0.2) is 18.2 Å². The number of hydrogen-bond donors (Lipinski definition) is 0. The van der Waals surface area contributed by atoms with Crippen LogP contribution in [0.1, 0.15) is 12.5 Å². The van der Waals surface area contributed by atoms with Crippen LogP contribution in [0.4, 0.5) is 13.2 Å². The number of benzene rings is 1. The molecule has 0 heterocycles. The lowest BCUT2D eigenvalue weighted by atomic mass is 10.2. The van der Waals surface area contributed by atoms with Crippen LogP contribution in [0.15, 0.2) is 30.4 Å². The quantitative estimate of drug-likeness (QED) is 0.716. The minimum Gasteiger partial charge on any atom is -0.484 e.